The summed E-state index contributed by atoms with van der Waals surface area (Å²) in [6.07, 6.45) is 2.50. The Labute approximate surface area is 113 Å². The summed E-state index contributed by atoms with van der Waals surface area (Å²) in [6, 6.07) is 0.479. The minimum absolute atomic E-state index is 0.000322. The van der Waals surface area contributed by atoms with Gasteiger partial charge in [-0.2, -0.15) is 0 Å². The van der Waals surface area contributed by atoms with Crippen LogP contribution in [0.3, 0.4) is 0 Å². The molecule has 19 heavy (non-hydrogen) atoms. The molecule has 2 N–H and O–H groups in total. The lowest BCUT2D eigenvalue weighted by Crippen LogP contribution is -2.55. The number of rotatable bonds is 6. The zero-order chi connectivity index (χ0) is 13.8. The Balaban J connectivity index is 1.70. The van der Waals surface area contributed by atoms with Crippen molar-refractivity contribution in [2.75, 3.05) is 26.3 Å². The highest BCUT2D eigenvalue weighted by Crippen LogP contribution is 2.26. The van der Waals surface area contributed by atoms with Crippen LogP contribution in [0.25, 0.3) is 0 Å². The van der Waals surface area contributed by atoms with E-state index in [0.29, 0.717) is 13.2 Å². The summed E-state index contributed by atoms with van der Waals surface area (Å²) in [5, 5.41) is 11.8. The molecule has 1 heterocycles. The summed E-state index contributed by atoms with van der Waals surface area (Å²) < 4.78 is 5.20. The fourth-order valence-electron chi connectivity index (χ4n) is 2.74. The van der Waals surface area contributed by atoms with Gasteiger partial charge in [-0.05, 0) is 25.8 Å². The second-order valence-electron chi connectivity index (χ2n) is 5.35. The molecule has 6 nitrogen and oxygen atoms in total. The van der Waals surface area contributed by atoms with Crippen molar-refractivity contribution in [3.05, 3.63) is 0 Å². The summed E-state index contributed by atoms with van der Waals surface area (Å²) in [6.45, 7) is 3.98. The average molecular weight is 270 g/mol. The Kier molecular flexibility index (Phi) is 4.76. The zero-order valence-electron chi connectivity index (χ0n) is 11.3. The predicted octanol–water partition coefficient (Wildman–Crippen LogP) is 0.0766. The summed E-state index contributed by atoms with van der Waals surface area (Å²) in [5.41, 5.74) is 0. The number of amides is 1. The standard InChI is InChI=1S/C13H22N2O4/c1-2-15(7-12(16)17)11-5-10(6-11)14-13(18)9-3-4-19-8-9/h9-11H,2-8H2,1H3,(H,14,18)(H,16,17)/t9-,10?,11?/m0/s1. The molecular formula is C13H22N2O4. The number of aliphatic carboxylic acids is 1. The van der Waals surface area contributed by atoms with Crippen LogP contribution in [0.5, 0.6) is 0 Å². The molecule has 1 saturated carbocycles. The van der Waals surface area contributed by atoms with Crippen LogP contribution in [0.15, 0.2) is 0 Å². The molecular weight excluding hydrogens is 248 g/mol. The van der Waals surface area contributed by atoms with E-state index in [9.17, 15) is 9.59 Å². The fraction of sp³-hybridized carbons (Fsp3) is 0.846. The quantitative estimate of drug-likeness (QED) is 0.714. The lowest BCUT2D eigenvalue weighted by atomic mass is 9.85. The number of hydrogen-bond donors (Lipinski definition) is 2. The third kappa shape index (κ3) is 3.67. The lowest BCUT2D eigenvalue weighted by molar-refractivity contribution is -0.140. The van der Waals surface area contributed by atoms with Crippen molar-refractivity contribution in [3.8, 4) is 0 Å². The second kappa shape index (κ2) is 6.34. The Bertz CT molecular complexity index is 336. The summed E-state index contributed by atoms with van der Waals surface area (Å²) in [5.74, 6) is -0.708. The van der Waals surface area contributed by atoms with Gasteiger partial charge >= 0.3 is 5.97 Å². The molecule has 0 spiro atoms. The van der Waals surface area contributed by atoms with Crippen molar-refractivity contribution < 1.29 is 19.4 Å². The Morgan fingerprint density at radius 1 is 1.42 bits per heavy atom. The monoisotopic (exact) mass is 270 g/mol. The number of nitrogens with one attached hydrogen (secondary N) is 1. The van der Waals surface area contributed by atoms with Gasteiger partial charge in [-0.3, -0.25) is 14.5 Å². The van der Waals surface area contributed by atoms with Gasteiger partial charge in [0.25, 0.3) is 0 Å². The van der Waals surface area contributed by atoms with Crippen molar-refractivity contribution >= 4 is 11.9 Å². The molecule has 1 amide bonds. The smallest absolute Gasteiger partial charge is 0.317 e. The van der Waals surface area contributed by atoms with Gasteiger partial charge in [-0.25, -0.2) is 0 Å². The highest BCUT2D eigenvalue weighted by Gasteiger charge is 2.36. The van der Waals surface area contributed by atoms with Gasteiger partial charge in [-0.1, -0.05) is 6.92 Å². The number of nitrogens with zero attached hydrogens (tertiary/aromatic N) is 1. The van der Waals surface area contributed by atoms with E-state index in [0.717, 1.165) is 25.8 Å². The molecule has 0 radical (unpaired) electrons. The van der Waals surface area contributed by atoms with Crippen molar-refractivity contribution in [2.45, 2.75) is 38.3 Å². The first-order valence-corrected chi connectivity index (χ1v) is 6.94. The Morgan fingerprint density at radius 3 is 2.68 bits per heavy atom. The van der Waals surface area contributed by atoms with Crippen LogP contribution >= 0.6 is 0 Å². The normalized spacial score (nSPS) is 30.1. The number of hydrogen-bond acceptors (Lipinski definition) is 4. The largest absolute Gasteiger partial charge is 0.480 e. The van der Waals surface area contributed by atoms with Crippen molar-refractivity contribution in [3.63, 3.8) is 0 Å². The van der Waals surface area contributed by atoms with Crippen LogP contribution < -0.4 is 5.32 Å². The molecule has 0 aromatic carbocycles. The van der Waals surface area contributed by atoms with E-state index in [-0.39, 0.29) is 30.5 Å². The minimum Gasteiger partial charge on any atom is -0.480 e. The number of ether oxygens (including phenoxy) is 1. The third-order valence-corrected chi connectivity index (χ3v) is 4.02. The van der Waals surface area contributed by atoms with Crippen molar-refractivity contribution in [1.82, 2.24) is 10.2 Å². The SMILES string of the molecule is CCN(CC(=O)O)C1CC(NC(=O)[C@H]2CCOC2)C1. The molecule has 1 atom stereocenters. The topological polar surface area (TPSA) is 78.9 Å². The summed E-state index contributed by atoms with van der Waals surface area (Å²) in [7, 11) is 0. The van der Waals surface area contributed by atoms with Crippen LogP contribution in [0.2, 0.25) is 0 Å². The maximum atomic E-state index is 11.9. The number of carboxylic acids is 1. The molecule has 0 unspecified atom stereocenters. The molecule has 2 fully saturated rings. The average Bonchev–Trinajstić information content (AvgIpc) is 2.83. The number of likely N-dealkylation sites (N-methyl/N-ethyl adjacent to an activating group) is 1. The minimum atomic E-state index is -0.794. The van der Waals surface area contributed by atoms with Gasteiger partial charge in [0.1, 0.15) is 0 Å². The van der Waals surface area contributed by atoms with Gasteiger partial charge in [-0.15, -0.1) is 0 Å². The van der Waals surface area contributed by atoms with Crippen molar-refractivity contribution in [1.29, 1.82) is 0 Å². The van der Waals surface area contributed by atoms with Gasteiger partial charge in [0, 0.05) is 18.7 Å². The van der Waals surface area contributed by atoms with E-state index in [1.165, 1.54) is 0 Å². The summed E-state index contributed by atoms with van der Waals surface area (Å²) in [4.78, 5) is 24.5. The molecule has 108 valence electrons. The lowest BCUT2D eigenvalue weighted by Gasteiger charge is -2.42. The van der Waals surface area contributed by atoms with E-state index >= 15 is 0 Å². The highest BCUT2D eigenvalue weighted by atomic mass is 16.5. The van der Waals surface area contributed by atoms with E-state index in [1.807, 2.05) is 11.8 Å². The van der Waals surface area contributed by atoms with Gasteiger partial charge in [0.05, 0.1) is 19.1 Å². The molecule has 2 rings (SSSR count). The van der Waals surface area contributed by atoms with E-state index in [1.54, 1.807) is 0 Å². The molecule has 1 aliphatic carbocycles. The molecule has 6 heteroatoms. The van der Waals surface area contributed by atoms with Crippen LogP contribution in [0.4, 0.5) is 0 Å². The van der Waals surface area contributed by atoms with Gasteiger partial charge in [0.2, 0.25) is 5.91 Å². The maximum Gasteiger partial charge on any atom is 0.317 e. The van der Waals surface area contributed by atoms with E-state index in [4.69, 9.17) is 9.84 Å². The fourth-order valence-corrected chi connectivity index (χ4v) is 2.74. The van der Waals surface area contributed by atoms with Gasteiger partial charge < -0.3 is 15.2 Å². The third-order valence-electron chi connectivity index (χ3n) is 4.02. The number of carbonyl (C=O) groups is 2. The first kappa shape index (κ1) is 14.3. The first-order chi connectivity index (χ1) is 9.10. The zero-order valence-corrected chi connectivity index (χ0v) is 11.3. The van der Waals surface area contributed by atoms with E-state index in [2.05, 4.69) is 5.32 Å². The second-order valence-corrected chi connectivity index (χ2v) is 5.35. The molecule has 0 aromatic heterocycles. The number of carbonyl (C=O) groups excluding carboxylic acids is 1. The highest BCUT2D eigenvalue weighted by molar-refractivity contribution is 5.79. The Hall–Kier alpha value is -1.14. The van der Waals surface area contributed by atoms with Crippen LogP contribution in [0, 0.1) is 5.92 Å². The molecule has 1 saturated heterocycles. The maximum absolute atomic E-state index is 11.9. The summed E-state index contributed by atoms with van der Waals surface area (Å²) >= 11 is 0. The van der Waals surface area contributed by atoms with Crippen LogP contribution in [0.1, 0.15) is 26.2 Å². The van der Waals surface area contributed by atoms with Gasteiger partial charge in [0.15, 0.2) is 0 Å². The number of carboxylic acid groups (broad SMARTS) is 1. The van der Waals surface area contributed by atoms with Crippen LogP contribution in [-0.4, -0.2) is 60.3 Å². The molecule has 2 aliphatic rings. The first-order valence-electron chi connectivity index (χ1n) is 6.94. The van der Waals surface area contributed by atoms with E-state index < -0.39 is 5.97 Å². The predicted molar refractivity (Wildman–Crippen MR) is 68.8 cm³/mol. The molecule has 0 bridgehead atoms. The van der Waals surface area contributed by atoms with Crippen LogP contribution in [-0.2, 0) is 14.3 Å². The Morgan fingerprint density at radius 2 is 2.16 bits per heavy atom. The molecule has 0 aromatic rings. The van der Waals surface area contributed by atoms with Crippen molar-refractivity contribution in [2.24, 2.45) is 5.92 Å². The molecule has 1 aliphatic heterocycles.